The minimum absolute atomic E-state index is 0.0135. The van der Waals surface area contributed by atoms with Crippen LogP contribution in [0.3, 0.4) is 0 Å². The highest BCUT2D eigenvalue weighted by Crippen LogP contribution is 2.35. The number of anilines is 2. The molecule has 3 N–H and O–H groups in total. The molecule has 2 atom stereocenters. The summed E-state index contributed by atoms with van der Waals surface area (Å²) in [6.45, 7) is 2.23. The van der Waals surface area contributed by atoms with Gasteiger partial charge in [0.15, 0.2) is 5.82 Å². The molecule has 0 unspecified atom stereocenters. The van der Waals surface area contributed by atoms with Gasteiger partial charge in [-0.05, 0) is 24.8 Å². The standard InChI is InChI=1S/C17H19FN4O/c18-13-8-21-16(11-2-1-3-14(19)15(11)13)22-7-5-10-4-6-20-17(23)12(10)9-22/h1-3,8,10,12H,4-7,9,19H2,(H,20,23)/t10-,12+/m0/s1. The van der Waals surface area contributed by atoms with Crippen LogP contribution < -0.4 is 16.0 Å². The topological polar surface area (TPSA) is 71.2 Å². The average Bonchev–Trinajstić information content (AvgIpc) is 2.55. The number of benzene rings is 1. The number of nitrogens with one attached hydrogen (secondary N) is 1. The van der Waals surface area contributed by atoms with Crippen molar-refractivity contribution in [2.75, 3.05) is 30.3 Å². The number of nitrogens with zero attached hydrogens (tertiary/aromatic N) is 2. The van der Waals surface area contributed by atoms with E-state index in [9.17, 15) is 9.18 Å². The number of nitrogens with two attached hydrogens (primary N) is 1. The van der Waals surface area contributed by atoms with Crippen molar-refractivity contribution in [1.82, 2.24) is 10.3 Å². The molecule has 5 nitrogen and oxygen atoms in total. The van der Waals surface area contributed by atoms with Gasteiger partial charge in [0.2, 0.25) is 5.91 Å². The largest absolute Gasteiger partial charge is 0.398 e. The zero-order valence-corrected chi connectivity index (χ0v) is 12.8. The quantitative estimate of drug-likeness (QED) is 0.789. The summed E-state index contributed by atoms with van der Waals surface area (Å²) < 4.78 is 14.1. The summed E-state index contributed by atoms with van der Waals surface area (Å²) in [4.78, 5) is 18.5. The molecule has 120 valence electrons. The number of pyridine rings is 1. The number of nitrogen functional groups attached to an aromatic ring is 1. The van der Waals surface area contributed by atoms with E-state index in [-0.39, 0.29) is 11.8 Å². The number of aromatic nitrogens is 1. The lowest BCUT2D eigenvalue weighted by molar-refractivity contribution is -0.129. The second-order valence-electron chi connectivity index (χ2n) is 6.38. The normalized spacial score (nSPS) is 24.4. The van der Waals surface area contributed by atoms with Gasteiger partial charge in [-0.3, -0.25) is 4.79 Å². The van der Waals surface area contributed by atoms with Crippen LogP contribution in [0, 0.1) is 17.7 Å². The molecular formula is C17H19FN4O. The SMILES string of the molecule is Nc1cccc2c(N3CC[C@@H]4CCNC(=O)[C@@H]4C3)ncc(F)c12. The molecule has 2 saturated heterocycles. The Morgan fingerprint density at radius 3 is 3.09 bits per heavy atom. The third-order valence-electron chi connectivity index (χ3n) is 5.08. The summed E-state index contributed by atoms with van der Waals surface area (Å²) in [5, 5.41) is 4.06. The zero-order chi connectivity index (χ0) is 16.0. The van der Waals surface area contributed by atoms with E-state index < -0.39 is 5.82 Å². The lowest BCUT2D eigenvalue weighted by atomic mass is 9.80. The van der Waals surface area contributed by atoms with E-state index in [1.807, 2.05) is 12.1 Å². The van der Waals surface area contributed by atoms with Gasteiger partial charge in [-0.1, -0.05) is 12.1 Å². The van der Waals surface area contributed by atoms with Crippen molar-refractivity contribution in [3.8, 4) is 0 Å². The maximum atomic E-state index is 14.1. The molecule has 1 amide bonds. The van der Waals surface area contributed by atoms with Crippen LogP contribution >= 0.6 is 0 Å². The number of piperidine rings is 2. The summed E-state index contributed by atoms with van der Waals surface area (Å²) in [6.07, 6.45) is 3.22. The van der Waals surface area contributed by atoms with Crippen LogP contribution in [-0.4, -0.2) is 30.5 Å². The van der Waals surface area contributed by atoms with Crippen LogP contribution in [0.5, 0.6) is 0 Å². The summed E-state index contributed by atoms with van der Waals surface area (Å²) >= 11 is 0. The van der Waals surface area contributed by atoms with Crippen molar-refractivity contribution in [2.45, 2.75) is 12.8 Å². The summed E-state index contributed by atoms with van der Waals surface area (Å²) in [6, 6.07) is 5.34. The van der Waals surface area contributed by atoms with E-state index in [4.69, 9.17) is 5.73 Å². The monoisotopic (exact) mass is 314 g/mol. The van der Waals surface area contributed by atoms with Crippen molar-refractivity contribution in [3.05, 3.63) is 30.2 Å². The predicted molar refractivity (Wildman–Crippen MR) is 87.6 cm³/mol. The molecule has 0 aliphatic carbocycles. The minimum atomic E-state index is -0.410. The fourth-order valence-corrected chi connectivity index (χ4v) is 3.87. The highest BCUT2D eigenvalue weighted by atomic mass is 19.1. The Hall–Kier alpha value is -2.37. The molecular weight excluding hydrogens is 295 g/mol. The number of carbonyl (C=O) groups excluding carboxylic acids is 1. The van der Waals surface area contributed by atoms with E-state index >= 15 is 0 Å². The van der Waals surface area contributed by atoms with Crippen LogP contribution in [0.2, 0.25) is 0 Å². The molecule has 2 aliphatic heterocycles. The van der Waals surface area contributed by atoms with Gasteiger partial charge in [0, 0.05) is 36.1 Å². The van der Waals surface area contributed by atoms with Gasteiger partial charge in [0.05, 0.1) is 12.1 Å². The molecule has 1 aromatic heterocycles. The van der Waals surface area contributed by atoms with Crippen molar-refractivity contribution in [3.63, 3.8) is 0 Å². The van der Waals surface area contributed by atoms with Crippen molar-refractivity contribution >= 4 is 28.2 Å². The molecule has 6 heteroatoms. The van der Waals surface area contributed by atoms with Gasteiger partial charge in [-0.25, -0.2) is 9.37 Å². The van der Waals surface area contributed by atoms with Crippen molar-refractivity contribution in [1.29, 1.82) is 0 Å². The van der Waals surface area contributed by atoms with E-state index in [0.29, 0.717) is 34.7 Å². The van der Waals surface area contributed by atoms with E-state index in [1.54, 1.807) is 6.07 Å². The van der Waals surface area contributed by atoms with Gasteiger partial charge in [0.25, 0.3) is 0 Å². The van der Waals surface area contributed by atoms with E-state index in [1.165, 1.54) is 6.20 Å². The number of carbonyl (C=O) groups is 1. The maximum absolute atomic E-state index is 14.1. The number of halogens is 1. The molecule has 1 aromatic carbocycles. The van der Waals surface area contributed by atoms with Crippen molar-refractivity contribution in [2.24, 2.45) is 11.8 Å². The second kappa shape index (κ2) is 5.37. The van der Waals surface area contributed by atoms with Crippen LogP contribution in [-0.2, 0) is 4.79 Å². The number of amides is 1. The third-order valence-corrected chi connectivity index (χ3v) is 5.08. The Morgan fingerprint density at radius 2 is 2.22 bits per heavy atom. The Kier molecular flexibility index (Phi) is 3.32. The molecule has 2 aliphatic rings. The fourth-order valence-electron chi connectivity index (χ4n) is 3.87. The Balaban J connectivity index is 1.74. The van der Waals surface area contributed by atoms with Gasteiger partial charge < -0.3 is 16.0 Å². The number of hydrogen-bond donors (Lipinski definition) is 2. The Labute approximate surface area is 133 Å². The number of rotatable bonds is 1. The first kappa shape index (κ1) is 14.2. The highest BCUT2D eigenvalue weighted by molar-refractivity contribution is 6.00. The number of fused-ring (bicyclic) bond motifs is 2. The average molecular weight is 314 g/mol. The lowest BCUT2D eigenvalue weighted by Crippen LogP contribution is -2.52. The van der Waals surface area contributed by atoms with Crippen LogP contribution in [0.1, 0.15) is 12.8 Å². The molecule has 23 heavy (non-hydrogen) atoms. The molecule has 0 radical (unpaired) electrons. The van der Waals surface area contributed by atoms with Crippen LogP contribution in [0.25, 0.3) is 10.8 Å². The fraction of sp³-hybridized carbons (Fsp3) is 0.412. The third kappa shape index (κ3) is 2.29. The van der Waals surface area contributed by atoms with Crippen LogP contribution in [0.4, 0.5) is 15.9 Å². The summed E-state index contributed by atoms with van der Waals surface area (Å²) in [7, 11) is 0. The van der Waals surface area contributed by atoms with Gasteiger partial charge in [0.1, 0.15) is 5.82 Å². The first-order valence-electron chi connectivity index (χ1n) is 8.00. The molecule has 2 aromatic rings. The smallest absolute Gasteiger partial charge is 0.225 e. The zero-order valence-electron chi connectivity index (χ0n) is 12.8. The lowest BCUT2D eigenvalue weighted by Gasteiger charge is -2.41. The van der Waals surface area contributed by atoms with Gasteiger partial charge in [-0.2, -0.15) is 0 Å². The first-order valence-corrected chi connectivity index (χ1v) is 8.00. The van der Waals surface area contributed by atoms with Crippen LogP contribution in [0.15, 0.2) is 24.4 Å². The Morgan fingerprint density at radius 1 is 1.35 bits per heavy atom. The first-order chi connectivity index (χ1) is 11.1. The predicted octanol–water partition coefficient (Wildman–Crippen LogP) is 1.92. The van der Waals surface area contributed by atoms with Gasteiger partial charge >= 0.3 is 0 Å². The van der Waals surface area contributed by atoms with Gasteiger partial charge in [-0.15, -0.1) is 0 Å². The summed E-state index contributed by atoms with van der Waals surface area (Å²) in [5.41, 5.74) is 6.34. The minimum Gasteiger partial charge on any atom is -0.398 e. The molecule has 4 rings (SSSR count). The molecule has 0 bridgehead atoms. The molecule has 2 fully saturated rings. The molecule has 0 spiro atoms. The highest BCUT2D eigenvalue weighted by Gasteiger charge is 2.37. The molecule has 0 saturated carbocycles. The Bertz CT molecular complexity index is 770. The maximum Gasteiger partial charge on any atom is 0.225 e. The molecule has 3 heterocycles. The number of hydrogen-bond acceptors (Lipinski definition) is 4. The van der Waals surface area contributed by atoms with Crippen molar-refractivity contribution < 1.29 is 9.18 Å². The van der Waals surface area contributed by atoms with E-state index in [0.717, 1.165) is 25.9 Å². The second-order valence-corrected chi connectivity index (χ2v) is 6.38. The summed E-state index contributed by atoms with van der Waals surface area (Å²) in [5.74, 6) is 0.854. The van der Waals surface area contributed by atoms with E-state index in [2.05, 4.69) is 15.2 Å².